The van der Waals surface area contributed by atoms with E-state index < -0.39 is 5.97 Å². The topological polar surface area (TPSA) is 46.5 Å². The van der Waals surface area contributed by atoms with Crippen LogP contribution in [0.4, 0.5) is 0 Å². The molecule has 0 aromatic carbocycles. The number of ether oxygens (including phenoxy) is 1. The Labute approximate surface area is 141 Å². The Morgan fingerprint density at radius 3 is 2.30 bits per heavy atom. The van der Waals surface area contributed by atoms with E-state index in [-0.39, 0.29) is 6.10 Å². The fourth-order valence-corrected chi connectivity index (χ4v) is 2.76. The molecule has 1 atom stereocenters. The third kappa shape index (κ3) is 10.8. The van der Waals surface area contributed by atoms with Crippen molar-refractivity contribution in [2.24, 2.45) is 0 Å². The second-order valence-corrected chi connectivity index (χ2v) is 6.25. The third-order valence-electron chi connectivity index (χ3n) is 4.10. The lowest BCUT2D eigenvalue weighted by Gasteiger charge is -2.10. The summed E-state index contributed by atoms with van der Waals surface area (Å²) in [7, 11) is 0. The number of carbonyl (C=O) groups is 1. The van der Waals surface area contributed by atoms with Crippen molar-refractivity contribution in [2.75, 3.05) is 0 Å². The van der Waals surface area contributed by atoms with E-state index in [1.807, 2.05) is 6.08 Å². The number of rotatable bonds is 13. The van der Waals surface area contributed by atoms with Crippen LogP contribution < -0.4 is 0 Å². The summed E-state index contributed by atoms with van der Waals surface area (Å²) in [5.41, 5.74) is 0. The first-order valence-corrected chi connectivity index (χ1v) is 9.18. The Kier molecular flexibility index (Phi) is 11.0. The van der Waals surface area contributed by atoms with Crippen LogP contribution >= 0.6 is 0 Å². The molecule has 1 N–H and O–H groups in total. The molecule has 23 heavy (non-hydrogen) atoms. The number of unbranched alkanes of at least 4 members (excludes halogenated alkanes) is 9. The van der Waals surface area contributed by atoms with E-state index in [0.717, 1.165) is 18.3 Å². The van der Waals surface area contributed by atoms with Crippen molar-refractivity contribution in [1.29, 1.82) is 0 Å². The van der Waals surface area contributed by atoms with Crippen LogP contribution in [0.25, 0.3) is 0 Å². The molecule has 0 aromatic heterocycles. The van der Waals surface area contributed by atoms with Gasteiger partial charge in [0, 0.05) is 6.08 Å². The van der Waals surface area contributed by atoms with E-state index in [1.165, 1.54) is 70.3 Å². The van der Waals surface area contributed by atoms with E-state index in [9.17, 15) is 4.79 Å². The maximum absolute atomic E-state index is 10.4. The summed E-state index contributed by atoms with van der Waals surface area (Å²) in [4.78, 5) is 10.4. The van der Waals surface area contributed by atoms with Crippen molar-refractivity contribution in [1.82, 2.24) is 0 Å². The molecule has 0 spiro atoms. The highest BCUT2D eigenvalue weighted by Crippen LogP contribution is 2.20. The predicted molar refractivity (Wildman–Crippen MR) is 95.3 cm³/mol. The lowest BCUT2D eigenvalue weighted by atomic mass is 10.0. The van der Waals surface area contributed by atoms with E-state index in [0.29, 0.717) is 0 Å². The summed E-state index contributed by atoms with van der Waals surface area (Å²) in [6, 6.07) is 0. The van der Waals surface area contributed by atoms with Crippen LogP contribution in [0.2, 0.25) is 0 Å². The van der Waals surface area contributed by atoms with Crippen molar-refractivity contribution in [3.63, 3.8) is 0 Å². The van der Waals surface area contributed by atoms with Crippen molar-refractivity contribution in [2.45, 2.75) is 83.7 Å². The number of carboxylic acid groups (broad SMARTS) is 1. The molecule has 3 nitrogen and oxygen atoms in total. The standard InChI is InChI=1S/C20H32O3/c1-2-3-4-5-6-7-8-9-10-11-13-18-16-17-19(23-18)14-12-15-20(21)22/h12,14-18H,2-11,13H2,1H3,(H,21,22)/b15-12+,19-14-. The Morgan fingerprint density at radius 2 is 1.70 bits per heavy atom. The number of carboxylic acids is 1. The normalized spacial score (nSPS) is 18.8. The Bertz CT molecular complexity index is 407. The Balaban J connectivity index is 1.95. The molecule has 0 aromatic rings. The average Bonchev–Trinajstić information content (AvgIpc) is 2.96. The monoisotopic (exact) mass is 320 g/mol. The van der Waals surface area contributed by atoms with Gasteiger partial charge in [-0.05, 0) is 31.1 Å². The molecule has 0 saturated carbocycles. The number of aliphatic carboxylic acids is 1. The van der Waals surface area contributed by atoms with Crippen LogP contribution in [0.5, 0.6) is 0 Å². The van der Waals surface area contributed by atoms with Gasteiger partial charge in [-0.3, -0.25) is 0 Å². The van der Waals surface area contributed by atoms with Gasteiger partial charge in [-0.1, -0.05) is 70.8 Å². The van der Waals surface area contributed by atoms with E-state index >= 15 is 0 Å². The van der Waals surface area contributed by atoms with Crippen LogP contribution in [-0.4, -0.2) is 17.2 Å². The maximum Gasteiger partial charge on any atom is 0.328 e. The molecule has 130 valence electrons. The zero-order chi connectivity index (χ0) is 16.8. The highest BCUT2D eigenvalue weighted by atomic mass is 16.5. The zero-order valence-electron chi connectivity index (χ0n) is 14.5. The first-order valence-electron chi connectivity index (χ1n) is 9.18. The second kappa shape index (κ2) is 13.0. The highest BCUT2D eigenvalue weighted by Gasteiger charge is 2.12. The third-order valence-corrected chi connectivity index (χ3v) is 4.10. The summed E-state index contributed by atoms with van der Waals surface area (Å²) in [5, 5.41) is 8.52. The molecule has 3 heteroatoms. The molecule has 1 aliphatic heterocycles. The lowest BCUT2D eigenvalue weighted by molar-refractivity contribution is -0.131. The van der Waals surface area contributed by atoms with E-state index in [2.05, 4.69) is 13.0 Å². The van der Waals surface area contributed by atoms with Crippen molar-refractivity contribution in [3.8, 4) is 0 Å². The smallest absolute Gasteiger partial charge is 0.328 e. The van der Waals surface area contributed by atoms with Crippen molar-refractivity contribution in [3.05, 3.63) is 36.1 Å². The first-order chi connectivity index (χ1) is 11.2. The van der Waals surface area contributed by atoms with Gasteiger partial charge in [-0.25, -0.2) is 4.79 Å². The molecule has 0 radical (unpaired) electrons. The first kappa shape index (κ1) is 19.5. The van der Waals surface area contributed by atoms with Gasteiger partial charge in [-0.15, -0.1) is 0 Å². The van der Waals surface area contributed by atoms with Gasteiger partial charge in [0.1, 0.15) is 11.9 Å². The van der Waals surface area contributed by atoms with Crippen LogP contribution in [0.3, 0.4) is 0 Å². The van der Waals surface area contributed by atoms with Gasteiger partial charge < -0.3 is 9.84 Å². The van der Waals surface area contributed by atoms with Gasteiger partial charge in [0.05, 0.1) is 0 Å². The molecule has 1 heterocycles. The molecule has 0 bridgehead atoms. The molecule has 0 amide bonds. The average molecular weight is 320 g/mol. The van der Waals surface area contributed by atoms with Crippen molar-refractivity contribution >= 4 is 5.97 Å². The number of hydrogen-bond acceptors (Lipinski definition) is 2. The highest BCUT2D eigenvalue weighted by molar-refractivity contribution is 5.80. The summed E-state index contributed by atoms with van der Waals surface area (Å²) in [5.74, 6) is -0.190. The van der Waals surface area contributed by atoms with E-state index in [1.54, 1.807) is 6.08 Å². The molecule has 1 aliphatic rings. The number of allylic oxidation sites excluding steroid dienone is 3. The summed E-state index contributed by atoms with van der Waals surface area (Å²) in [6.45, 7) is 2.26. The minimum atomic E-state index is -0.939. The minimum absolute atomic E-state index is 0.161. The molecule has 0 saturated heterocycles. The SMILES string of the molecule is CCCCCCCCCCCCC1C=C/C(=C/C=C/C(=O)O)O1. The quantitative estimate of drug-likeness (QED) is 0.346. The molecule has 0 aliphatic carbocycles. The summed E-state index contributed by atoms with van der Waals surface area (Å²) < 4.78 is 5.73. The minimum Gasteiger partial charge on any atom is -0.486 e. The maximum atomic E-state index is 10.4. The predicted octanol–water partition coefficient (Wildman–Crippen LogP) is 5.78. The summed E-state index contributed by atoms with van der Waals surface area (Å²) in [6.07, 6.45) is 23.0. The summed E-state index contributed by atoms with van der Waals surface area (Å²) >= 11 is 0. The lowest BCUT2D eigenvalue weighted by Crippen LogP contribution is -2.03. The van der Waals surface area contributed by atoms with Crippen LogP contribution in [0.15, 0.2) is 36.1 Å². The Morgan fingerprint density at radius 1 is 1.09 bits per heavy atom. The molecule has 0 fully saturated rings. The second-order valence-electron chi connectivity index (χ2n) is 6.25. The fraction of sp³-hybridized carbons (Fsp3) is 0.650. The largest absolute Gasteiger partial charge is 0.486 e. The van der Waals surface area contributed by atoms with Gasteiger partial charge >= 0.3 is 5.97 Å². The number of hydrogen-bond donors (Lipinski definition) is 1. The fourth-order valence-electron chi connectivity index (χ4n) is 2.76. The van der Waals surface area contributed by atoms with Crippen LogP contribution in [0.1, 0.15) is 77.6 Å². The zero-order valence-corrected chi connectivity index (χ0v) is 14.5. The van der Waals surface area contributed by atoms with Gasteiger partial charge in [0.15, 0.2) is 0 Å². The molecule has 1 unspecified atom stereocenters. The van der Waals surface area contributed by atoms with E-state index in [4.69, 9.17) is 9.84 Å². The van der Waals surface area contributed by atoms with Gasteiger partial charge in [0.2, 0.25) is 0 Å². The molecular weight excluding hydrogens is 288 g/mol. The van der Waals surface area contributed by atoms with Crippen LogP contribution in [0, 0.1) is 0 Å². The molecular formula is C20H32O3. The van der Waals surface area contributed by atoms with Crippen LogP contribution in [-0.2, 0) is 9.53 Å². The van der Waals surface area contributed by atoms with Gasteiger partial charge in [0.25, 0.3) is 0 Å². The van der Waals surface area contributed by atoms with Gasteiger partial charge in [-0.2, -0.15) is 0 Å². The Hall–Kier alpha value is -1.51. The molecule has 1 rings (SSSR count). The van der Waals surface area contributed by atoms with Crippen molar-refractivity contribution < 1.29 is 14.6 Å².